The fourth-order valence-corrected chi connectivity index (χ4v) is 6.04. The number of aromatic nitrogens is 1. The summed E-state index contributed by atoms with van der Waals surface area (Å²) >= 11 is 0. The molecule has 2 aliphatic rings. The molecule has 9 heteroatoms. The Hall–Kier alpha value is -4.92. The summed E-state index contributed by atoms with van der Waals surface area (Å²) < 4.78 is 27.9. The maximum Gasteiger partial charge on any atom is 0.281 e. The van der Waals surface area contributed by atoms with Gasteiger partial charge in [0.05, 0.1) is 11.7 Å². The van der Waals surface area contributed by atoms with E-state index < -0.39 is 23.2 Å². The molecule has 0 fully saturated rings. The third-order valence-electron chi connectivity index (χ3n) is 8.09. The zero-order valence-corrected chi connectivity index (χ0v) is 25.1. The lowest BCUT2D eigenvalue weighted by molar-refractivity contribution is -0.118. The molecule has 0 saturated heterocycles. The van der Waals surface area contributed by atoms with E-state index in [0.29, 0.717) is 35.9 Å². The first kappa shape index (κ1) is 29.2. The Morgan fingerprint density at radius 2 is 1.91 bits per heavy atom. The Labute approximate surface area is 255 Å². The molecule has 6 rings (SSSR count). The normalized spacial score (nSPS) is 17.4. The Morgan fingerprint density at radius 1 is 1.14 bits per heavy atom. The number of hydrogen-bond donors (Lipinski definition) is 2. The van der Waals surface area contributed by atoms with Crippen LogP contribution in [0.1, 0.15) is 72.9 Å². The maximum absolute atomic E-state index is 16.3. The summed E-state index contributed by atoms with van der Waals surface area (Å²) in [7, 11) is 0. The van der Waals surface area contributed by atoms with E-state index in [1.807, 2.05) is 51.1 Å². The predicted molar refractivity (Wildman–Crippen MR) is 164 cm³/mol. The van der Waals surface area contributed by atoms with Crippen LogP contribution in [-0.2, 0) is 17.8 Å². The molecule has 44 heavy (non-hydrogen) atoms. The summed E-state index contributed by atoms with van der Waals surface area (Å²) in [5, 5.41) is 14.3. The van der Waals surface area contributed by atoms with Crippen molar-refractivity contribution in [3.63, 3.8) is 0 Å². The molecule has 0 spiro atoms. The molecule has 2 heterocycles. The van der Waals surface area contributed by atoms with E-state index in [-0.39, 0.29) is 52.8 Å². The van der Waals surface area contributed by atoms with Gasteiger partial charge < -0.3 is 19.6 Å². The number of hydrogen-bond acceptors (Lipinski definition) is 7. The number of ether oxygens (including phenoxy) is 1. The average Bonchev–Trinajstić information content (AvgIpc) is 3.30. The minimum Gasteiger partial charge on any atom is -0.506 e. The molecule has 1 amide bonds. The van der Waals surface area contributed by atoms with Crippen LogP contribution in [0.5, 0.6) is 11.5 Å². The van der Waals surface area contributed by atoms with Gasteiger partial charge in [0.25, 0.3) is 5.91 Å². The smallest absolute Gasteiger partial charge is 0.281 e. The number of phenols is 1. The van der Waals surface area contributed by atoms with Crippen LogP contribution in [0.15, 0.2) is 82.4 Å². The van der Waals surface area contributed by atoms with Gasteiger partial charge in [-0.25, -0.2) is 9.37 Å². The van der Waals surface area contributed by atoms with Gasteiger partial charge in [0.1, 0.15) is 35.4 Å². The number of carbonyl (C=O) groups excluding carboxylic acids is 2. The number of nitrogens with zero attached hydrogens (tertiary/aromatic N) is 2. The monoisotopic (exact) mass is 595 g/mol. The average molecular weight is 596 g/mol. The number of ketones is 1. The van der Waals surface area contributed by atoms with Gasteiger partial charge in [0.2, 0.25) is 0 Å². The lowest BCUT2D eigenvalue weighted by Gasteiger charge is -2.37. The highest BCUT2D eigenvalue weighted by Crippen LogP contribution is 2.51. The first-order valence-corrected chi connectivity index (χ1v) is 14.7. The van der Waals surface area contributed by atoms with Gasteiger partial charge >= 0.3 is 0 Å². The van der Waals surface area contributed by atoms with Crippen LogP contribution in [0.3, 0.4) is 0 Å². The van der Waals surface area contributed by atoms with Crippen LogP contribution in [0.25, 0.3) is 0 Å². The molecule has 1 aliphatic carbocycles. The van der Waals surface area contributed by atoms with E-state index in [0.717, 1.165) is 5.56 Å². The summed E-state index contributed by atoms with van der Waals surface area (Å²) in [6, 6.07) is 17.6. The largest absolute Gasteiger partial charge is 0.506 e. The molecule has 0 radical (unpaired) electrons. The molecule has 8 nitrogen and oxygen atoms in total. The number of phenolic OH excluding ortho intramolecular Hbond substituents is 1. The number of nitrogens with one attached hydrogen (secondary N) is 1. The van der Waals surface area contributed by atoms with Gasteiger partial charge in [-0.05, 0) is 48.6 Å². The summed E-state index contributed by atoms with van der Waals surface area (Å²) in [5.41, 5.74) is 2.03. The summed E-state index contributed by atoms with van der Waals surface area (Å²) in [4.78, 5) is 34.3. The third-order valence-corrected chi connectivity index (χ3v) is 8.09. The molecule has 0 saturated carbocycles. The number of rotatable bonds is 6. The Balaban J connectivity index is 1.53. The third kappa shape index (κ3) is 5.34. The molecule has 3 aromatic carbocycles. The van der Waals surface area contributed by atoms with Crippen molar-refractivity contribution < 1.29 is 28.2 Å². The van der Waals surface area contributed by atoms with Crippen molar-refractivity contribution in [1.29, 1.82) is 0 Å². The first-order chi connectivity index (χ1) is 21.1. The molecular weight excluding hydrogens is 561 g/mol. The summed E-state index contributed by atoms with van der Waals surface area (Å²) in [6.07, 6.45) is 1.12. The number of halogens is 1. The second kappa shape index (κ2) is 11.3. The Kier molecular flexibility index (Phi) is 7.49. The quantitative estimate of drug-likeness (QED) is 0.223. The van der Waals surface area contributed by atoms with Gasteiger partial charge in [-0.2, -0.15) is 0 Å². The standard InChI is InChI=1S/C35H34FN3O5/c1-5-29-38-31(20(2)44-29)34(42)39-26-12-9-13-27(40)32(26)37-25-17-35(3,4)18-28(41)30(25)33(39)23-15-14-22(16-24(23)36)43-19-21-10-7-6-8-11-21/h6-16,33,37,40H,5,17-19H2,1-4H3. The minimum absolute atomic E-state index is 0.0528. The topological polar surface area (TPSA) is 105 Å². The van der Waals surface area contributed by atoms with Crippen molar-refractivity contribution >= 4 is 23.1 Å². The zero-order valence-electron chi connectivity index (χ0n) is 25.1. The molecule has 1 aliphatic heterocycles. The summed E-state index contributed by atoms with van der Waals surface area (Å²) in [5.74, 6) is -0.554. The lowest BCUT2D eigenvalue weighted by atomic mass is 9.73. The Bertz CT molecular complexity index is 1790. The number of para-hydroxylation sites is 1. The second-order valence-corrected chi connectivity index (χ2v) is 12.0. The van der Waals surface area contributed by atoms with Crippen molar-refractivity contribution in [2.24, 2.45) is 5.41 Å². The first-order valence-electron chi connectivity index (χ1n) is 14.7. The second-order valence-electron chi connectivity index (χ2n) is 12.0. The van der Waals surface area contributed by atoms with Crippen molar-refractivity contribution in [2.75, 3.05) is 10.2 Å². The van der Waals surface area contributed by atoms with Crippen LogP contribution in [-0.4, -0.2) is 21.8 Å². The minimum atomic E-state index is -1.17. The van der Waals surface area contributed by atoms with Gasteiger partial charge in [-0.3, -0.25) is 14.5 Å². The van der Waals surface area contributed by atoms with Crippen molar-refractivity contribution in [1.82, 2.24) is 4.98 Å². The number of benzene rings is 3. The molecule has 2 N–H and O–H groups in total. The fourth-order valence-electron chi connectivity index (χ4n) is 6.04. The van der Waals surface area contributed by atoms with E-state index in [1.54, 1.807) is 31.2 Å². The van der Waals surface area contributed by atoms with E-state index in [9.17, 15) is 14.7 Å². The lowest BCUT2D eigenvalue weighted by Crippen LogP contribution is -2.40. The number of fused-ring (bicyclic) bond motifs is 1. The number of aromatic hydroxyl groups is 1. The van der Waals surface area contributed by atoms with Crippen LogP contribution < -0.4 is 15.0 Å². The highest BCUT2D eigenvalue weighted by atomic mass is 19.1. The number of amides is 1. The molecular formula is C35H34FN3O5. The van der Waals surface area contributed by atoms with Crippen molar-refractivity contribution in [3.05, 3.63) is 112 Å². The van der Waals surface area contributed by atoms with Gasteiger partial charge in [-0.1, -0.05) is 57.2 Å². The molecule has 226 valence electrons. The maximum atomic E-state index is 16.3. The predicted octanol–water partition coefficient (Wildman–Crippen LogP) is 7.43. The van der Waals surface area contributed by atoms with Crippen molar-refractivity contribution in [2.45, 2.75) is 59.6 Å². The van der Waals surface area contributed by atoms with Crippen LogP contribution in [0.2, 0.25) is 0 Å². The number of oxazole rings is 1. The fraction of sp³-hybridized carbons (Fsp3) is 0.286. The highest BCUT2D eigenvalue weighted by molar-refractivity contribution is 6.12. The molecule has 1 unspecified atom stereocenters. The van der Waals surface area contributed by atoms with E-state index in [1.165, 1.54) is 17.0 Å². The molecule has 1 atom stereocenters. The van der Waals surface area contributed by atoms with E-state index in [2.05, 4.69) is 10.3 Å². The number of allylic oxidation sites excluding steroid dienone is 1. The molecule has 0 bridgehead atoms. The Morgan fingerprint density at radius 3 is 2.61 bits per heavy atom. The zero-order chi connectivity index (χ0) is 31.2. The number of Topliss-reactive ketones (excluding diaryl/α,β-unsaturated/α-hetero) is 1. The van der Waals surface area contributed by atoms with Crippen molar-refractivity contribution in [3.8, 4) is 11.5 Å². The molecule has 4 aromatic rings. The van der Waals surface area contributed by atoms with Crippen LogP contribution in [0.4, 0.5) is 15.8 Å². The highest BCUT2D eigenvalue weighted by Gasteiger charge is 2.45. The van der Waals surface area contributed by atoms with E-state index in [4.69, 9.17) is 9.15 Å². The van der Waals surface area contributed by atoms with E-state index >= 15 is 4.39 Å². The van der Waals surface area contributed by atoms with Gasteiger partial charge in [0.15, 0.2) is 17.4 Å². The number of carbonyl (C=O) groups is 2. The number of aryl methyl sites for hydroxylation is 2. The van der Waals surface area contributed by atoms with Crippen LogP contribution >= 0.6 is 0 Å². The van der Waals surface area contributed by atoms with Gasteiger partial charge in [-0.15, -0.1) is 0 Å². The SMILES string of the molecule is CCc1nc(C(=O)N2c3cccc(O)c3NC3=C(C(=O)CC(C)(C)C3)C2c2ccc(OCc3ccccc3)cc2F)c(C)o1. The molecule has 1 aromatic heterocycles. The van der Waals surface area contributed by atoms with Gasteiger partial charge in [0, 0.05) is 35.7 Å². The van der Waals surface area contributed by atoms with Crippen LogP contribution in [0, 0.1) is 18.2 Å². The summed E-state index contributed by atoms with van der Waals surface area (Å²) in [6.45, 7) is 7.72. The number of anilines is 2.